The molecular formula is C9H18NO2P. The van der Waals surface area contributed by atoms with E-state index in [1.165, 1.54) is 19.4 Å². The molecule has 0 aromatic heterocycles. The maximum absolute atomic E-state index is 5.41. The average Bonchev–Trinajstić information content (AvgIpc) is 2.60. The van der Waals surface area contributed by atoms with E-state index in [2.05, 4.69) is 14.4 Å². The standard InChI is InChI=1S/C9H18NO2P/c1-11-8-5-9(7-12-13)3-2-4-10(9)6-8/h8H,2-7,13H2,1H3. The van der Waals surface area contributed by atoms with Crippen LogP contribution in [0, 0.1) is 0 Å². The van der Waals surface area contributed by atoms with Gasteiger partial charge in [0.1, 0.15) is 0 Å². The fourth-order valence-electron chi connectivity index (χ4n) is 2.78. The number of fused-ring (bicyclic) bond motifs is 1. The largest absolute Gasteiger partial charge is 0.380 e. The Balaban J connectivity index is 2.05. The minimum absolute atomic E-state index is 0.294. The van der Waals surface area contributed by atoms with Gasteiger partial charge in [-0.05, 0) is 25.8 Å². The van der Waals surface area contributed by atoms with Crippen LogP contribution in [0.15, 0.2) is 0 Å². The maximum Gasteiger partial charge on any atom is 0.0716 e. The van der Waals surface area contributed by atoms with E-state index in [0.717, 1.165) is 19.6 Å². The van der Waals surface area contributed by atoms with Gasteiger partial charge >= 0.3 is 0 Å². The highest BCUT2D eigenvalue weighted by Gasteiger charge is 2.48. The molecule has 0 bridgehead atoms. The van der Waals surface area contributed by atoms with E-state index < -0.39 is 0 Å². The first kappa shape index (κ1) is 9.85. The Morgan fingerprint density at radius 2 is 2.46 bits per heavy atom. The van der Waals surface area contributed by atoms with Gasteiger partial charge in [-0.1, -0.05) is 0 Å². The van der Waals surface area contributed by atoms with Gasteiger partial charge in [-0.25, -0.2) is 0 Å². The summed E-state index contributed by atoms with van der Waals surface area (Å²) in [5, 5.41) is 0. The highest BCUT2D eigenvalue weighted by Crippen LogP contribution is 2.40. The number of nitrogens with zero attached hydrogens (tertiary/aromatic N) is 1. The first-order valence-corrected chi connectivity index (χ1v) is 5.37. The second kappa shape index (κ2) is 3.82. The van der Waals surface area contributed by atoms with E-state index in [1.54, 1.807) is 0 Å². The van der Waals surface area contributed by atoms with Crippen molar-refractivity contribution < 1.29 is 9.26 Å². The summed E-state index contributed by atoms with van der Waals surface area (Å²) in [6.07, 6.45) is 4.13. The van der Waals surface area contributed by atoms with E-state index in [4.69, 9.17) is 9.26 Å². The van der Waals surface area contributed by atoms with Crippen molar-refractivity contribution in [2.24, 2.45) is 0 Å². The molecule has 2 aliphatic heterocycles. The lowest BCUT2D eigenvalue weighted by molar-refractivity contribution is 0.105. The molecule has 2 fully saturated rings. The summed E-state index contributed by atoms with van der Waals surface area (Å²) in [6.45, 7) is 3.13. The van der Waals surface area contributed by atoms with Crippen molar-refractivity contribution in [2.75, 3.05) is 26.8 Å². The van der Waals surface area contributed by atoms with Crippen LogP contribution in [0.25, 0.3) is 0 Å². The topological polar surface area (TPSA) is 21.7 Å². The molecule has 2 rings (SSSR count). The molecule has 2 aliphatic rings. The van der Waals surface area contributed by atoms with Crippen molar-refractivity contribution in [3.63, 3.8) is 0 Å². The van der Waals surface area contributed by atoms with Crippen LogP contribution in [0.3, 0.4) is 0 Å². The van der Waals surface area contributed by atoms with Crippen LogP contribution in [-0.4, -0.2) is 43.3 Å². The molecule has 0 saturated carbocycles. The molecule has 0 aliphatic carbocycles. The molecule has 2 saturated heterocycles. The van der Waals surface area contributed by atoms with Crippen molar-refractivity contribution in [3.05, 3.63) is 0 Å². The Bertz CT molecular complexity index is 190. The van der Waals surface area contributed by atoms with E-state index in [9.17, 15) is 0 Å². The van der Waals surface area contributed by atoms with Crippen molar-refractivity contribution in [3.8, 4) is 0 Å². The number of methoxy groups -OCH3 is 1. The van der Waals surface area contributed by atoms with Crippen LogP contribution < -0.4 is 0 Å². The third-order valence-corrected chi connectivity index (χ3v) is 3.62. The molecule has 2 heterocycles. The van der Waals surface area contributed by atoms with E-state index in [1.807, 2.05) is 7.11 Å². The van der Waals surface area contributed by atoms with Crippen LogP contribution >= 0.6 is 9.47 Å². The lowest BCUT2D eigenvalue weighted by atomic mass is 9.94. The normalized spacial score (nSPS) is 39.7. The number of ether oxygens (including phenoxy) is 1. The number of rotatable bonds is 3. The van der Waals surface area contributed by atoms with E-state index in [-0.39, 0.29) is 0 Å². The summed E-state index contributed by atoms with van der Waals surface area (Å²) in [6, 6.07) is 0. The smallest absolute Gasteiger partial charge is 0.0716 e. The molecule has 0 aromatic rings. The molecule has 13 heavy (non-hydrogen) atoms. The third kappa shape index (κ3) is 1.63. The Kier molecular flexibility index (Phi) is 2.89. The van der Waals surface area contributed by atoms with Gasteiger partial charge in [0.15, 0.2) is 0 Å². The summed E-state index contributed by atoms with van der Waals surface area (Å²) in [4.78, 5) is 2.53. The fraction of sp³-hybridized carbons (Fsp3) is 1.00. The van der Waals surface area contributed by atoms with Crippen molar-refractivity contribution in [2.45, 2.75) is 30.9 Å². The third-order valence-electron chi connectivity index (χ3n) is 3.46. The molecule has 0 amide bonds. The zero-order valence-electron chi connectivity index (χ0n) is 8.16. The second-order valence-electron chi connectivity index (χ2n) is 4.15. The molecule has 0 N–H and O–H groups in total. The summed E-state index contributed by atoms with van der Waals surface area (Å²) < 4.78 is 10.7. The van der Waals surface area contributed by atoms with Gasteiger partial charge in [-0.3, -0.25) is 4.90 Å². The van der Waals surface area contributed by atoms with Crippen LogP contribution in [0.4, 0.5) is 0 Å². The Morgan fingerprint density at radius 3 is 3.15 bits per heavy atom. The van der Waals surface area contributed by atoms with Crippen LogP contribution in [-0.2, 0) is 9.26 Å². The summed E-state index contributed by atoms with van der Waals surface area (Å²) >= 11 is 0. The van der Waals surface area contributed by atoms with Crippen molar-refractivity contribution >= 4 is 9.47 Å². The maximum atomic E-state index is 5.41. The highest BCUT2D eigenvalue weighted by molar-refractivity contribution is 7.09. The quantitative estimate of drug-likeness (QED) is 0.640. The van der Waals surface area contributed by atoms with Gasteiger partial charge in [0.2, 0.25) is 0 Å². The zero-order valence-corrected chi connectivity index (χ0v) is 9.32. The predicted molar refractivity (Wildman–Crippen MR) is 54.6 cm³/mol. The molecule has 76 valence electrons. The molecular weight excluding hydrogens is 185 g/mol. The molecule has 4 heteroatoms. The monoisotopic (exact) mass is 203 g/mol. The molecule has 0 spiro atoms. The summed E-state index contributed by atoms with van der Waals surface area (Å²) in [5.74, 6) is 0. The van der Waals surface area contributed by atoms with Gasteiger partial charge in [-0.2, -0.15) is 0 Å². The van der Waals surface area contributed by atoms with Gasteiger partial charge in [0, 0.05) is 28.7 Å². The average molecular weight is 203 g/mol. The predicted octanol–water partition coefficient (Wildman–Crippen LogP) is 1.05. The van der Waals surface area contributed by atoms with Gasteiger partial charge in [0.05, 0.1) is 12.7 Å². The minimum atomic E-state index is 0.294. The van der Waals surface area contributed by atoms with Gasteiger partial charge in [0.25, 0.3) is 0 Å². The Morgan fingerprint density at radius 1 is 1.62 bits per heavy atom. The highest BCUT2D eigenvalue weighted by atomic mass is 31.0. The summed E-state index contributed by atoms with van der Waals surface area (Å²) in [7, 11) is 4.17. The minimum Gasteiger partial charge on any atom is -0.380 e. The first-order valence-electron chi connectivity index (χ1n) is 4.90. The van der Waals surface area contributed by atoms with Crippen LogP contribution in [0.1, 0.15) is 19.3 Å². The van der Waals surface area contributed by atoms with Gasteiger partial charge in [-0.15, -0.1) is 0 Å². The Labute approximate surface area is 82.1 Å². The van der Waals surface area contributed by atoms with Crippen molar-refractivity contribution in [1.82, 2.24) is 4.90 Å². The van der Waals surface area contributed by atoms with Crippen molar-refractivity contribution in [1.29, 1.82) is 0 Å². The molecule has 3 atom stereocenters. The van der Waals surface area contributed by atoms with E-state index in [0.29, 0.717) is 11.6 Å². The number of hydrogen-bond donors (Lipinski definition) is 0. The Hall–Kier alpha value is 0.310. The second-order valence-corrected chi connectivity index (χ2v) is 4.48. The fourth-order valence-corrected chi connectivity index (χ4v) is 3.09. The van der Waals surface area contributed by atoms with Gasteiger partial charge < -0.3 is 9.26 Å². The lowest BCUT2D eigenvalue weighted by Crippen LogP contribution is -2.41. The zero-order chi connectivity index (χ0) is 9.31. The summed E-state index contributed by atoms with van der Waals surface area (Å²) in [5.41, 5.74) is 0.294. The number of hydrogen-bond acceptors (Lipinski definition) is 3. The molecule has 3 unspecified atom stereocenters. The molecule has 0 aromatic carbocycles. The van der Waals surface area contributed by atoms with E-state index >= 15 is 0 Å². The van der Waals surface area contributed by atoms with Crippen LogP contribution in [0.5, 0.6) is 0 Å². The first-order chi connectivity index (χ1) is 6.30. The van der Waals surface area contributed by atoms with Crippen LogP contribution in [0.2, 0.25) is 0 Å². The molecule has 0 radical (unpaired) electrons. The molecule has 3 nitrogen and oxygen atoms in total. The lowest BCUT2D eigenvalue weighted by Gasteiger charge is -2.30. The SMILES string of the molecule is COC1CN2CCCC2(COP)C1.